The fourth-order valence-electron chi connectivity index (χ4n) is 8.22. The molecule has 0 N–H and O–H groups in total. The molecule has 3 heterocycles. The van der Waals surface area contributed by atoms with Crippen LogP contribution in [-0.2, 0) is 26.5 Å². The van der Waals surface area contributed by atoms with Crippen molar-refractivity contribution in [1.82, 2.24) is 4.98 Å². The summed E-state index contributed by atoms with van der Waals surface area (Å²) in [5, 5.41) is 10.4. The van der Waals surface area contributed by atoms with Crippen molar-refractivity contribution in [3.8, 4) is 22.4 Å². The van der Waals surface area contributed by atoms with Crippen LogP contribution in [0.1, 0.15) is 31.1 Å². The molecule has 0 fully saturated rings. The maximum Gasteiger partial charge on any atom is 3.00 e. The number of para-hydroxylation sites is 1. The van der Waals surface area contributed by atoms with Gasteiger partial charge >= 0.3 is 146 Å². The summed E-state index contributed by atoms with van der Waals surface area (Å²) in [5.74, 6) is 7.99. The first-order chi connectivity index (χ1) is 28.2. The van der Waals surface area contributed by atoms with E-state index in [4.69, 9.17) is 10.3 Å². The van der Waals surface area contributed by atoms with Gasteiger partial charge in [0.15, 0.2) is 0 Å². The van der Waals surface area contributed by atoms with Crippen LogP contribution in [0.15, 0.2) is 164 Å². The van der Waals surface area contributed by atoms with Gasteiger partial charge in [0.25, 0.3) is 0 Å². The van der Waals surface area contributed by atoms with Gasteiger partial charge in [-0.2, -0.15) is 23.8 Å². The van der Waals surface area contributed by atoms with Crippen molar-refractivity contribution in [2.24, 2.45) is 5.92 Å². The third kappa shape index (κ3) is 8.27. The molecule has 59 heavy (non-hydrogen) atoms. The van der Waals surface area contributed by atoms with Crippen molar-refractivity contribution in [1.29, 1.82) is 0 Å². The smallest absolute Gasteiger partial charge is 0.661 e. The minimum absolute atomic E-state index is 0. The van der Waals surface area contributed by atoms with Crippen molar-refractivity contribution in [2.45, 2.75) is 43.7 Å². The summed E-state index contributed by atoms with van der Waals surface area (Å²) in [4.78, 5) is 7.10. The summed E-state index contributed by atoms with van der Waals surface area (Å²) in [7, 11) is 0. The van der Waals surface area contributed by atoms with E-state index in [2.05, 4.69) is 194 Å². The van der Waals surface area contributed by atoms with Gasteiger partial charge in [-0.1, -0.05) is 102 Å². The first kappa shape index (κ1) is 40.7. The number of nitrogens with zero attached hydrogens (tertiary/aromatic N) is 3. The predicted molar refractivity (Wildman–Crippen MR) is 252 cm³/mol. The molecule has 0 aliphatic carbocycles. The molecule has 3 nitrogen and oxygen atoms in total. The van der Waals surface area contributed by atoms with Crippen LogP contribution >= 0.6 is 11.3 Å². The number of fused-ring (bicyclic) bond motifs is 6. The van der Waals surface area contributed by atoms with E-state index < -0.39 is 13.3 Å². The van der Waals surface area contributed by atoms with Crippen LogP contribution in [0, 0.1) is 18.1 Å². The molecule has 7 aromatic carbocycles. The van der Waals surface area contributed by atoms with E-state index in [-0.39, 0.29) is 26.3 Å². The van der Waals surface area contributed by atoms with Crippen molar-refractivity contribution in [3.63, 3.8) is 0 Å². The number of benzene rings is 7. The molecule has 9 aromatic rings. The summed E-state index contributed by atoms with van der Waals surface area (Å²) in [6, 6.07) is 62.6. The van der Waals surface area contributed by atoms with Crippen molar-refractivity contribution in [3.05, 3.63) is 192 Å². The van der Waals surface area contributed by atoms with Gasteiger partial charge in [-0.15, -0.1) is 11.1 Å². The fourth-order valence-corrected chi connectivity index (χ4v) is 12.6. The van der Waals surface area contributed by atoms with E-state index in [1.807, 2.05) is 29.5 Å². The van der Waals surface area contributed by atoms with Gasteiger partial charge in [0.1, 0.15) is 0 Å². The molecular weight excluding hydrogens is 975 g/mol. The molecule has 0 bridgehead atoms. The Morgan fingerprint density at radius 2 is 1.44 bits per heavy atom. The molecular formula is C53H46GeIrN3S. The Morgan fingerprint density at radius 3 is 2.22 bits per heavy atom. The number of pyridine rings is 1. The second-order valence-corrected chi connectivity index (χ2v) is 28.2. The van der Waals surface area contributed by atoms with Gasteiger partial charge in [-0.05, 0) is 46.1 Å². The second kappa shape index (κ2) is 17.3. The van der Waals surface area contributed by atoms with Crippen molar-refractivity contribution < 1.29 is 20.1 Å². The first-order valence-corrected chi connectivity index (χ1v) is 28.3. The van der Waals surface area contributed by atoms with Gasteiger partial charge < -0.3 is 10.2 Å². The number of hydrogen-bond donors (Lipinski definition) is 0. The van der Waals surface area contributed by atoms with Crippen LogP contribution in [0.3, 0.4) is 0 Å². The molecule has 292 valence electrons. The van der Waals surface area contributed by atoms with Crippen LogP contribution in [0.25, 0.3) is 58.6 Å². The van der Waals surface area contributed by atoms with Crippen LogP contribution in [0.2, 0.25) is 17.3 Å². The molecule has 6 heteroatoms. The van der Waals surface area contributed by atoms with E-state index in [9.17, 15) is 0 Å². The molecule has 10 rings (SSSR count). The van der Waals surface area contributed by atoms with E-state index in [0.717, 1.165) is 40.3 Å². The van der Waals surface area contributed by atoms with Gasteiger partial charge in [-0.3, -0.25) is 0 Å². The Morgan fingerprint density at radius 1 is 0.712 bits per heavy atom. The summed E-state index contributed by atoms with van der Waals surface area (Å²) in [5.41, 5.74) is 10.4. The monoisotopic (exact) mass is 1020 g/mol. The summed E-state index contributed by atoms with van der Waals surface area (Å²) in [6.45, 7) is 4.57. The summed E-state index contributed by atoms with van der Waals surface area (Å²) < 4.78 is 4.10. The van der Waals surface area contributed by atoms with Crippen LogP contribution in [-0.4, -0.2) is 18.3 Å². The number of hydrogen-bond acceptors (Lipinski definition) is 3. The Balaban J connectivity index is 0.000000197. The Kier molecular flexibility index (Phi) is 11.9. The van der Waals surface area contributed by atoms with Crippen LogP contribution < -0.4 is 9.30 Å². The summed E-state index contributed by atoms with van der Waals surface area (Å²) in [6.07, 6.45) is 3.05. The van der Waals surface area contributed by atoms with Crippen molar-refractivity contribution in [2.75, 3.05) is 4.90 Å². The average Bonchev–Trinajstić information content (AvgIpc) is 3.83. The Labute approximate surface area is 368 Å². The fraction of sp³-hybridized carbons (Fsp3) is 0.151. The zero-order valence-electron chi connectivity index (χ0n) is 34.0. The number of thiophene rings is 1. The third-order valence-electron chi connectivity index (χ3n) is 10.9. The van der Waals surface area contributed by atoms with Gasteiger partial charge in [-0.25, -0.2) is 11.3 Å². The molecule has 0 saturated heterocycles. The number of rotatable bonds is 7. The molecule has 1 aliphatic heterocycles. The number of aromatic nitrogens is 1. The predicted octanol–water partition coefficient (Wildman–Crippen LogP) is 14.8. The normalized spacial score (nSPS) is 13.5. The van der Waals surface area contributed by atoms with Crippen LogP contribution in [0.4, 0.5) is 17.1 Å². The third-order valence-corrected chi connectivity index (χ3v) is 16.4. The molecule has 2 aromatic heterocycles. The van der Waals surface area contributed by atoms with Gasteiger partial charge in [0.05, 0.1) is 0 Å². The van der Waals surface area contributed by atoms with Crippen molar-refractivity contribution >= 4 is 77.0 Å². The number of anilines is 2. The minimum Gasteiger partial charge on any atom is -0.661 e. The van der Waals surface area contributed by atoms with Gasteiger partial charge in [0.2, 0.25) is 0 Å². The zero-order chi connectivity index (χ0) is 39.8. The van der Waals surface area contributed by atoms with Crippen LogP contribution in [0.5, 0.6) is 0 Å². The Bertz CT molecular complexity index is 2880. The van der Waals surface area contributed by atoms with E-state index in [0.29, 0.717) is 5.92 Å². The SMILES string of the molecule is CC(C)Cc1cc(-c2[c-]cccc2)nc[c]1[Ge]([CH3])([CH3])[CH3].[Ir+3].[c-]1cc2sc3ccccc3c2cc1C1[N-]c2c(ccc3ccccc23)N1c1ccccc1-c1ccccc1. The largest absolute Gasteiger partial charge is 3.00 e. The maximum atomic E-state index is 5.41. The molecule has 0 saturated carbocycles. The molecule has 1 aliphatic rings. The molecule has 0 spiro atoms. The van der Waals surface area contributed by atoms with E-state index in [1.165, 1.54) is 47.6 Å². The molecule has 1 unspecified atom stereocenters. The molecule has 0 amide bonds. The molecule has 1 atom stereocenters. The Hall–Kier alpha value is -5.04. The van der Waals surface area contributed by atoms with E-state index in [1.54, 1.807) is 4.40 Å². The topological polar surface area (TPSA) is 30.2 Å². The van der Waals surface area contributed by atoms with E-state index >= 15 is 0 Å². The zero-order valence-corrected chi connectivity index (χ0v) is 39.3. The maximum absolute atomic E-state index is 5.41. The average molecular weight is 1020 g/mol. The second-order valence-electron chi connectivity index (χ2n) is 16.5. The standard InChI is InChI=1S/C35H22N2S.C18H24GeN.Ir/c1-2-10-23(11-3-1)26-13-6-8-16-30(26)37-31-20-18-24-12-4-5-14-27(24)34(31)36-35(37)25-19-21-33-29(22-25)28-15-7-9-17-32(28)38-33;1-14(2)11-16-12-18(15-9-7-6-8-10-15)20-13-17(16)19(3,4)5;/h1-18,20-22,35H;6-9,12-14H,11H2,1-5H3;/q-2;-1;+3. The molecule has 0 radical (unpaired) electrons. The first-order valence-electron chi connectivity index (χ1n) is 20.2. The summed E-state index contributed by atoms with van der Waals surface area (Å²) >= 11 is -0.0345. The van der Waals surface area contributed by atoms with Gasteiger partial charge in [0, 0.05) is 21.6 Å². The quantitative estimate of drug-likeness (QED) is 0.118. The minimum atomic E-state index is -1.86.